The molecule has 0 aliphatic heterocycles. The number of nitrogen functional groups attached to an aromatic ring is 1. The average molecular weight is 369 g/mol. The molecule has 1 unspecified atom stereocenters. The summed E-state index contributed by atoms with van der Waals surface area (Å²) < 4.78 is 6.26. The van der Waals surface area contributed by atoms with Crippen LogP contribution in [0.25, 0.3) is 11.3 Å². The van der Waals surface area contributed by atoms with Crippen LogP contribution in [0, 0.1) is 3.57 Å². The summed E-state index contributed by atoms with van der Waals surface area (Å²) in [5, 5.41) is 0. The molecule has 0 radical (unpaired) electrons. The van der Waals surface area contributed by atoms with Gasteiger partial charge < -0.3 is 10.5 Å². The van der Waals surface area contributed by atoms with Crippen LogP contribution in [0.5, 0.6) is 0 Å². The summed E-state index contributed by atoms with van der Waals surface area (Å²) in [6, 6.07) is 9.97. The van der Waals surface area contributed by atoms with Gasteiger partial charge in [-0.3, -0.25) is 0 Å². The Morgan fingerprint density at radius 1 is 1.26 bits per heavy atom. The van der Waals surface area contributed by atoms with Crippen molar-refractivity contribution in [3.63, 3.8) is 0 Å². The fourth-order valence-corrected chi connectivity index (χ4v) is 2.42. The minimum Gasteiger partial charge on any atom is -0.383 e. The van der Waals surface area contributed by atoms with E-state index in [4.69, 9.17) is 10.5 Å². The van der Waals surface area contributed by atoms with Crippen molar-refractivity contribution in [1.82, 2.24) is 9.97 Å². The topological polar surface area (TPSA) is 61.0 Å². The number of methoxy groups -OCH3 is 1. The zero-order valence-electron chi connectivity index (χ0n) is 10.9. The lowest BCUT2D eigenvalue weighted by molar-refractivity contribution is 0.0928. The van der Waals surface area contributed by atoms with Crippen molar-refractivity contribution >= 4 is 28.4 Å². The Bertz CT molecular complexity index is 556. The van der Waals surface area contributed by atoms with Crippen LogP contribution in [-0.2, 0) is 4.74 Å². The Kier molecular flexibility index (Phi) is 4.71. The Morgan fingerprint density at radius 2 is 1.95 bits per heavy atom. The first-order chi connectivity index (χ1) is 9.17. The molecular weight excluding hydrogens is 353 g/mol. The van der Waals surface area contributed by atoms with Crippen LogP contribution in [0.2, 0.25) is 0 Å². The van der Waals surface area contributed by atoms with E-state index in [-0.39, 0.29) is 6.10 Å². The van der Waals surface area contributed by atoms with Crippen LogP contribution in [0.15, 0.2) is 30.3 Å². The predicted molar refractivity (Wildman–Crippen MR) is 84.6 cm³/mol. The first-order valence-corrected chi connectivity index (χ1v) is 7.16. The number of nitrogens with two attached hydrogens (primary N) is 1. The quantitative estimate of drug-likeness (QED) is 0.839. The van der Waals surface area contributed by atoms with Gasteiger partial charge in [-0.2, -0.15) is 0 Å². The van der Waals surface area contributed by atoms with Crippen LogP contribution in [-0.4, -0.2) is 17.1 Å². The Morgan fingerprint density at radius 3 is 2.53 bits per heavy atom. The maximum Gasteiger partial charge on any atom is 0.160 e. The van der Waals surface area contributed by atoms with Crippen molar-refractivity contribution in [2.24, 2.45) is 0 Å². The average Bonchev–Trinajstić information content (AvgIpc) is 2.44. The third-order valence-corrected chi connectivity index (χ3v) is 3.95. The number of hydrogen-bond acceptors (Lipinski definition) is 4. The van der Waals surface area contributed by atoms with E-state index in [9.17, 15) is 0 Å². The van der Waals surface area contributed by atoms with Gasteiger partial charge in [-0.25, -0.2) is 9.97 Å². The van der Waals surface area contributed by atoms with Crippen LogP contribution in [0.3, 0.4) is 0 Å². The van der Waals surface area contributed by atoms with Crippen molar-refractivity contribution in [1.29, 1.82) is 0 Å². The van der Waals surface area contributed by atoms with Gasteiger partial charge in [0.2, 0.25) is 0 Å². The molecule has 5 heteroatoms. The van der Waals surface area contributed by atoms with Crippen molar-refractivity contribution in [3.8, 4) is 11.3 Å². The number of anilines is 1. The summed E-state index contributed by atoms with van der Waals surface area (Å²) >= 11 is 2.18. The fourth-order valence-electron chi connectivity index (χ4n) is 1.87. The lowest BCUT2D eigenvalue weighted by atomic mass is 10.1. The van der Waals surface area contributed by atoms with Gasteiger partial charge >= 0.3 is 0 Å². The summed E-state index contributed by atoms with van der Waals surface area (Å²) in [7, 11) is 1.66. The van der Waals surface area contributed by atoms with Gasteiger partial charge in [0.1, 0.15) is 11.9 Å². The molecule has 2 rings (SSSR count). The van der Waals surface area contributed by atoms with Crippen molar-refractivity contribution in [2.45, 2.75) is 19.4 Å². The molecular formula is C14H16IN3O. The number of nitrogens with zero attached hydrogens (tertiary/aromatic N) is 2. The standard InChI is InChI=1S/C14H16IN3O/c1-3-10(19-2)14-17-12(11(15)13(16)18-14)9-7-5-4-6-8-9/h4-8,10H,3H2,1-2H3,(H2,16,17,18). The molecule has 0 fully saturated rings. The SMILES string of the molecule is CCC(OC)c1nc(N)c(I)c(-c2ccccc2)n1. The fraction of sp³-hybridized carbons (Fsp3) is 0.286. The largest absolute Gasteiger partial charge is 0.383 e. The highest BCUT2D eigenvalue weighted by Crippen LogP contribution is 2.29. The second kappa shape index (κ2) is 6.29. The van der Waals surface area contributed by atoms with Gasteiger partial charge in [0.25, 0.3) is 0 Å². The van der Waals surface area contributed by atoms with Gasteiger partial charge in [-0.15, -0.1) is 0 Å². The minimum atomic E-state index is -0.123. The first-order valence-electron chi connectivity index (χ1n) is 6.08. The number of benzene rings is 1. The molecule has 19 heavy (non-hydrogen) atoms. The smallest absolute Gasteiger partial charge is 0.160 e. The van der Waals surface area contributed by atoms with Gasteiger partial charge in [0.05, 0.1) is 9.26 Å². The van der Waals surface area contributed by atoms with Crippen molar-refractivity contribution in [2.75, 3.05) is 12.8 Å². The monoisotopic (exact) mass is 369 g/mol. The third-order valence-electron chi connectivity index (χ3n) is 2.88. The van der Waals surface area contributed by atoms with E-state index in [0.29, 0.717) is 11.6 Å². The van der Waals surface area contributed by atoms with Crippen molar-refractivity contribution < 1.29 is 4.74 Å². The van der Waals surface area contributed by atoms with E-state index < -0.39 is 0 Å². The molecule has 0 aliphatic rings. The predicted octanol–water partition coefficient (Wildman–Crippen LogP) is 3.43. The van der Waals surface area contributed by atoms with E-state index in [0.717, 1.165) is 21.2 Å². The summed E-state index contributed by atoms with van der Waals surface area (Å²) in [5.74, 6) is 1.14. The van der Waals surface area contributed by atoms with Crippen LogP contribution in [0.4, 0.5) is 5.82 Å². The lowest BCUT2D eigenvalue weighted by Gasteiger charge is -2.14. The number of hydrogen-bond donors (Lipinski definition) is 1. The van der Waals surface area contributed by atoms with Crippen LogP contribution < -0.4 is 5.73 Å². The molecule has 0 bridgehead atoms. The molecule has 0 saturated carbocycles. The lowest BCUT2D eigenvalue weighted by Crippen LogP contribution is -2.10. The van der Waals surface area contributed by atoms with Crippen LogP contribution >= 0.6 is 22.6 Å². The Hall–Kier alpha value is -1.21. The van der Waals surface area contributed by atoms with Gasteiger partial charge in [0, 0.05) is 12.7 Å². The third kappa shape index (κ3) is 3.03. The second-order valence-corrected chi connectivity index (χ2v) is 5.21. The normalized spacial score (nSPS) is 12.4. The minimum absolute atomic E-state index is 0.123. The van der Waals surface area contributed by atoms with E-state index in [1.807, 2.05) is 37.3 Å². The molecule has 2 aromatic rings. The molecule has 0 spiro atoms. The highest BCUT2D eigenvalue weighted by atomic mass is 127. The molecule has 4 nitrogen and oxygen atoms in total. The van der Waals surface area contributed by atoms with Crippen molar-refractivity contribution in [3.05, 3.63) is 39.7 Å². The molecule has 0 saturated heterocycles. The summed E-state index contributed by atoms with van der Waals surface area (Å²) in [6.45, 7) is 2.04. The number of ether oxygens (including phenoxy) is 1. The van der Waals surface area contributed by atoms with Crippen LogP contribution in [0.1, 0.15) is 25.3 Å². The zero-order valence-corrected chi connectivity index (χ0v) is 13.1. The first kappa shape index (κ1) is 14.2. The van der Waals surface area contributed by atoms with Gasteiger partial charge in [0.15, 0.2) is 5.82 Å². The maximum atomic E-state index is 5.99. The Labute approximate surface area is 126 Å². The molecule has 0 amide bonds. The molecule has 1 heterocycles. The number of halogens is 1. The molecule has 100 valence electrons. The van der Waals surface area contributed by atoms with Gasteiger partial charge in [-0.05, 0) is 29.0 Å². The number of aromatic nitrogens is 2. The summed E-state index contributed by atoms with van der Waals surface area (Å²) in [5.41, 5.74) is 7.89. The zero-order chi connectivity index (χ0) is 13.8. The maximum absolute atomic E-state index is 5.99. The molecule has 1 aromatic heterocycles. The van der Waals surface area contributed by atoms with E-state index in [1.165, 1.54) is 0 Å². The van der Waals surface area contributed by atoms with Gasteiger partial charge in [-0.1, -0.05) is 37.3 Å². The molecule has 2 N–H and O–H groups in total. The van der Waals surface area contributed by atoms with E-state index >= 15 is 0 Å². The summed E-state index contributed by atoms with van der Waals surface area (Å²) in [6.07, 6.45) is 0.687. The molecule has 1 aromatic carbocycles. The van der Waals surface area contributed by atoms with E-state index in [2.05, 4.69) is 32.6 Å². The Balaban J connectivity index is 2.55. The number of rotatable bonds is 4. The highest BCUT2D eigenvalue weighted by molar-refractivity contribution is 14.1. The molecule has 1 atom stereocenters. The molecule has 0 aliphatic carbocycles. The summed E-state index contributed by atoms with van der Waals surface area (Å²) in [4.78, 5) is 8.96. The van der Waals surface area contributed by atoms with E-state index in [1.54, 1.807) is 7.11 Å². The highest BCUT2D eigenvalue weighted by Gasteiger charge is 2.17. The second-order valence-electron chi connectivity index (χ2n) is 4.13.